The molecule has 8 nitrogen and oxygen atoms in total. The Kier molecular flexibility index (Phi) is 9.06. The zero-order chi connectivity index (χ0) is 24.5. The van der Waals surface area contributed by atoms with Crippen LogP contribution in [-0.2, 0) is 17.7 Å². The first-order chi connectivity index (χ1) is 17.1. The first-order valence-corrected chi connectivity index (χ1v) is 12.9. The number of aromatic nitrogens is 2. The summed E-state index contributed by atoms with van der Waals surface area (Å²) in [5.41, 5.74) is 0.469. The van der Waals surface area contributed by atoms with E-state index in [2.05, 4.69) is 15.6 Å². The van der Waals surface area contributed by atoms with Gasteiger partial charge in [-0.15, -0.1) is 0 Å². The van der Waals surface area contributed by atoms with Crippen molar-refractivity contribution < 1.29 is 14.3 Å². The summed E-state index contributed by atoms with van der Waals surface area (Å²) in [6.07, 6.45) is 16.7. The quantitative estimate of drug-likeness (QED) is 0.604. The van der Waals surface area contributed by atoms with E-state index in [9.17, 15) is 14.4 Å². The molecular weight excluding hydrogens is 444 g/mol. The number of carbonyl (C=O) groups is 2. The maximum Gasteiger partial charge on any atom is 0.256 e. The van der Waals surface area contributed by atoms with Crippen LogP contribution in [0.5, 0.6) is 0 Å². The molecule has 2 fully saturated rings. The molecule has 35 heavy (non-hydrogen) atoms. The van der Waals surface area contributed by atoms with Crippen LogP contribution in [0.4, 0.5) is 0 Å². The van der Waals surface area contributed by atoms with Gasteiger partial charge in [0, 0.05) is 50.5 Å². The lowest BCUT2D eigenvalue weighted by atomic mass is 9.96. The minimum absolute atomic E-state index is 0.0144. The van der Waals surface area contributed by atoms with E-state index in [0.29, 0.717) is 26.1 Å². The minimum atomic E-state index is -0.532. The molecule has 2 aliphatic rings. The maximum atomic E-state index is 13.3. The first-order valence-electron chi connectivity index (χ1n) is 12.9. The van der Waals surface area contributed by atoms with Gasteiger partial charge in [0.15, 0.2) is 0 Å². The van der Waals surface area contributed by atoms with Gasteiger partial charge in [-0.2, -0.15) is 0 Å². The fourth-order valence-corrected chi connectivity index (χ4v) is 4.91. The van der Waals surface area contributed by atoms with Gasteiger partial charge in [0.25, 0.3) is 11.8 Å². The number of nitrogens with one attached hydrogen (secondary N) is 2. The number of rotatable bonds is 8. The van der Waals surface area contributed by atoms with E-state index >= 15 is 0 Å². The van der Waals surface area contributed by atoms with Gasteiger partial charge in [0.05, 0.1) is 6.10 Å². The van der Waals surface area contributed by atoms with Gasteiger partial charge in [-0.1, -0.05) is 38.2 Å². The van der Waals surface area contributed by atoms with Crippen molar-refractivity contribution in [2.24, 2.45) is 0 Å². The van der Waals surface area contributed by atoms with Gasteiger partial charge in [0.2, 0.25) is 5.43 Å². The Labute approximate surface area is 206 Å². The molecule has 2 N–H and O–H groups in total. The molecule has 188 valence electrons. The van der Waals surface area contributed by atoms with Crippen molar-refractivity contribution in [3.63, 3.8) is 0 Å². The molecule has 0 spiro atoms. The van der Waals surface area contributed by atoms with Gasteiger partial charge >= 0.3 is 0 Å². The lowest BCUT2D eigenvalue weighted by molar-refractivity contribution is 0.0914. The Hall–Kier alpha value is -3.00. The Morgan fingerprint density at radius 3 is 2.43 bits per heavy atom. The monoisotopic (exact) mass is 480 g/mol. The highest BCUT2D eigenvalue weighted by Crippen LogP contribution is 2.18. The van der Waals surface area contributed by atoms with E-state index in [-0.39, 0.29) is 23.3 Å². The Bertz CT molecular complexity index is 1040. The molecule has 0 radical (unpaired) electrons. The summed E-state index contributed by atoms with van der Waals surface area (Å²) in [5, 5.41) is 5.90. The van der Waals surface area contributed by atoms with Crippen molar-refractivity contribution in [1.82, 2.24) is 20.2 Å². The van der Waals surface area contributed by atoms with Gasteiger partial charge in [-0.25, -0.2) is 0 Å². The van der Waals surface area contributed by atoms with E-state index in [1.165, 1.54) is 19.3 Å². The highest BCUT2D eigenvalue weighted by atomic mass is 16.5. The van der Waals surface area contributed by atoms with Gasteiger partial charge in [0.1, 0.15) is 11.1 Å². The van der Waals surface area contributed by atoms with Crippen molar-refractivity contribution >= 4 is 11.8 Å². The van der Waals surface area contributed by atoms with Crippen molar-refractivity contribution in [2.45, 2.75) is 82.9 Å². The normalized spacial score (nSPS) is 19.0. The summed E-state index contributed by atoms with van der Waals surface area (Å²) in [6.45, 7) is 1.58. The van der Waals surface area contributed by atoms with Crippen LogP contribution < -0.4 is 16.1 Å². The second-order valence-corrected chi connectivity index (χ2v) is 9.63. The van der Waals surface area contributed by atoms with Crippen molar-refractivity contribution in [1.29, 1.82) is 0 Å². The maximum absolute atomic E-state index is 13.3. The standard InChI is InChI=1S/C27H36N4O4/c32-25-23(26(33)29-14-12-20-8-6-13-28-16-20)18-31(17-22-11-7-15-35-22)19-24(25)27(34)30-21-9-4-2-1-3-5-10-21/h6,8,13,16,18-19,21-22H,1-5,7,9-12,14-15,17H2,(H,29,33)(H,30,34)/t22-/m0/s1. The number of hydrogen-bond acceptors (Lipinski definition) is 5. The lowest BCUT2D eigenvalue weighted by Crippen LogP contribution is -2.40. The Morgan fingerprint density at radius 1 is 1.00 bits per heavy atom. The van der Waals surface area contributed by atoms with E-state index in [0.717, 1.165) is 44.1 Å². The number of ether oxygens (including phenoxy) is 1. The zero-order valence-electron chi connectivity index (χ0n) is 20.3. The number of nitrogens with zero attached hydrogens (tertiary/aromatic N) is 2. The number of hydrogen-bond donors (Lipinski definition) is 2. The average molecular weight is 481 g/mol. The third-order valence-electron chi connectivity index (χ3n) is 6.87. The fourth-order valence-electron chi connectivity index (χ4n) is 4.91. The molecule has 2 aromatic rings. The summed E-state index contributed by atoms with van der Waals surface area (Å²) in [4.78, 5) is 43.5. The SMILES string of the molecule is O=C(NCCc1cccnc1)c1cn(C[C@@H]2CCCO2)cc(C(=O)NC2CCCCCCC2)c1=O. The topological polar surface area (TPSA) is 102 Å². The molecule has 2 aromatic heterocycles. The van der Waals surface area contributed by atoms with E-state index < -0.39 is 17.2 Å². The molecule has 0 unspecified atom stereocenters. The smallest absolute Gasteiger partial charge is 0.256 e. The van der Waals surface area contributed by atoms with Gasteiger partial charge < -0.3 is 19.9 Å². The Morgan fingerprint density at radius 2 is 1.74 bits per heavy atom. The summed E-state index contributed by atoms with van der Waals surface area (Å²) in [7, 11) is 0. The number of pyridine rings is 2. The molecule has 1 aliphatic heterocycles. The number of amides is 2. The summed E-state index contributed by atoms with van der Waals surface area (Å²) in [6, 6.07) is 3.85. The lowest BCUT2D eigenvalue weighted by Gasteiger charge is -2.21. The van der Waals surface area contributed by atoms with Crippen LogP contribution in [-0.4, -0.2) is 46.7 Å². The average Bonchev–Trinajstić information content (AvgIpc) is 3.35. The summed E-state index contributed by atoms with van der Waals surface area (Å²) >= 11 is 0. The second-order valence-electron chi connectivity index (χ2n) is 9.63. The van der Waals surface area contributed by atoms with Gasteiger partial charge in [-0.3, -0.25) is 19.4 Å². The molecule has 3 heterocycles. The van der Waals surface area contributed by atoms with E-state index in [4.69, 9.17) is 4.74 Å². The second kappa shape index (κ2) is 12.6. The third-order valence-corrected chi connectivity index (χ3v) is 6.87. The largest absolute Gasteiger partial charge is 0.376 e. The highest BCUT2D eigenvalue weighted by molar-refractivity contribution is 5.99. The first kappa shape index (κ1) is 25.1. The van der Waals surface area contributed by atoms with Crippen LogP contribution in [0.25, 0.3) is 0 Å². The molecule has 8 heteroatoms. The van der Waals surface area contributed by atoms with E-state index in [1.54, 1.807) is 29.4 Å². The highest BCUT2D eigenvalue weighted by Gasteiger charge is 2.23. The zero-order valence-corrected chi connectivity index (χ0v) is 20.3. The van der Waals surface area contributed by atoms with Crippen LogP contribution in [0.3, 0.4) is 0 Å². The number of carbonyl (C=O) groups excluding carboxylic acids is 2. The van der Waals surface area contributed by atoms with Crippen LogP contribution >= 0.6 is 0 Å². The fraction of sp³-hybridized carbons (Fsp3) is 0.556. The van der Waals surface area contributed by atoms with Crippen molar-refractivity contribution in [2.75, 3.05) is 13.2 Å². The molecule has 4 rings (SSSR count). The molecule has 1 saturated heterocycles. The predicted octanol–water partition coefficient (Wildman–Crippen LogP) is 3.24. The summed E-state index contributed by atoms with van der Waals surface area (Å²) in [5.74, 6) is -0.868. The van der Waals surface area contributed by atoms with Crippen LogP contribution in [0.2, 0.25) is 0 Å². The molecule has 0 bridgehead atoms. The van der Waals surface area contributed by atoms with Crippen molar-refractivity contribution in [3.8, 4) is 0 Å². The van der Waals surface area contributed by atoms with Crippen LogP contribution in [0.1, 0.15) is 84.1 Å². The van der Waals surface area contributed by atoms with Crippen LogP contribution in [0.15, 0.2) is 41.7 Å². The van der Waals surface area contributed by atoms with Crippen LogP contribution in [0, 0.1) is 0 Å². The Balaban J connectivity index is 1.51. The molecule has 0 aromatic carbocycles. The van der Waals surface area contributed by atoms with Crippen molar-refractivity contribution in [3.05, 3.63) is 63.8 Å². The third kappa shape index (κ3) is 7.24. The summed E-state index contributed by atoms with van der Waals surface area (Å²) < 4.78 is 7.51. The molecule has 2 amide bonds. The van der Waals surface area contributed by atoms with Gasteiger partial charge in [-0.05, 0) is 43.7 Å². The molecule has 1 aliphatic carbocycles. The molecular formula is C27H36N4O4. The molecule has 1 atom stereocenters. The predicted molar refractivity (Wildman–Crippen MR) is 134 cm³/mol. The minimum Gasteiger partial charge on any atom is -0.376 e. The van der Waals surface area contributed by atoms with E-state index in [1.807, 2.05) is 12.1 Å². The molecule has 1 saturated carbocycles.